The molecule has 5 nitrogen and oxygen atoms in total. The second-order valence-corrected chi connectivity index (χ2v) is 6.58. The number of hydrogen-bond donors (Lipinski definition) is 1. The van der Waals surface area contributed by atoms with Crippen LogP contribution in [0.2, 0.25) is 5.02 Å². The van der Waals surface area contributed by atoms with Gasteiger partial charge in [0, 0.05) is 12.1 Å². The average molecular weight is 346 g/mol. The number of nitrogens with zero attached hydrogens (tertiary/aromatic N) is 1. The molecule has 1 rings (SSSR count). The third kappa shape index (κ3) is 3.66. The van der Waals surface area contributed by atoms with Gasteiger partial charge < -0.3 is 5.11 Å². The average Bonchev–Trinajstić information content (AvgIpc) is 2.35. The van der Waals surface area contributed by atoms with Crippen molar-refractivity contribution in [3.63, 3.8) is 0 Å². The van der Waals surface area contributed by atoms with Crippen molar-refractivity contribution in [2.45, 2.75) is 24.0 Å². The lowest BCUT2D eigenvalue weighted by Crippen LogP contribution is -2.40. The van der Waals surface area contributed by atoms with Crippen LogP contribution < -0.4 is 0 Å². The zero-order chi connectivity index (χ0) is 16.6. The van der Waals surface area contributed by atoms with Gasteiger partial charge in [0.15, 0.2) is 0 Å². The molecule has 0 fully saturated rings. The molecule has 0 spiro atoms. The van der Waals surface area contributed by atoms with Crippen LogP contribution in [0.4, 0.5) is 13.2 Å². The number of sulfonamides is 1. The first kappa shape index (κ1) is 17.7. The fourth-order valence-corrected chi connectivity index (χ4v) is 3.15. The van der Waals surface area contributed by atoms with Crippen LogP contribution in [-0.2, 0) is 21.0 Å². The van der Waals surface area contributed by atoms with Crippen molar-refractivity contribution in [3.8, 4) is 0 Å². The van der Waals surface area contributed by atoms with Crippen LogP contribution in [-0.4, -0.2) is 36.9 Å². The first-order valence-electron chi connectivity index (χ1n) is 5.46. The Hall–Kier alpha value is -1.32. The van der Waals surface area contributed by atoms with Gasteiger partial charge in [0.25, 0.3) is 0 Å². The molecule has 1 atom stereocenters. The van der Waals surface area contributed by atoms with E-state index in [0.717, 1.165) is 20.0 Å². The van der Waals surface area contributed by atoms with E-state index in [1.165, 1.54) is 0 Å². The number of alkyl halides is 3. The second-order valence-electron chi connectivity index (χ2n) is 4.17. The third-order valence-corrected chi connectivity index (χ3v) is 5.03. The highest BCUT2D eigenvalue weighted by Gasteiger charge is 2.40. The third-order valence-electron chi connectivity index (χ3n) is 2.81. The highest BCUT2D eigenvalue weighted by Crippen LogP contribution is 2.36. The van der Waals surface area contributed by atoms with Crippen LogP contribution in [0.3, 0.4) is 0 Å². The van der Waals surface area contributed by atoms with Crippen molar-refractivity contribution in [1.29, 1.82) is 0 Å². The number of aliphatic carboxylic acids is 1. The van der Waals surface area contributed by atoms with E-state index in [4.69, 9.17) is 16.7 Å². The first-order valence-corrected chi connectivity index (χ1v) is 7.28. The van der Waals surface area contributed by atoms with Gasteiger partial charge in [-0.3, -0.25) is 4.79 Å². The lowest BCUT2D eigenvalue weighted by molar-refractivity contribution is -0.140. The van der Waals surface area contributed by atoms with E-state index >= 15 is 0 Å². The Morgan fingerprint density at radius 1 is 1.38 bits per heavy atom. The summed E-state index contributed by atoms with van der Waals surface area (Å²) >= 11 is 5.46. The quantitative estimate of drug-likeness (QED) is 0.909. The van der Waals surface area contributed by atoms with E-state index in [1.807, 2.05) is 0 Å². The molecule has 0 aliphatic carbocycles. The first-order chi connectivity index (χ1) is 9.39. The zero-order valence-corrected chi connectivity index (χ0v) is 12.4. The summed E-state index contributed by atoms with van der Waals surface area (Å²) in [5, 5.41) is 8.50. The highest BCUT2D eigenvalue weighted by molar-refractivity contribution is 7.89. The van der Waals surface area contributed by atoms with Crippen molar-refractivity contribution >= 4 is 27.6 Å². The van der Waals surface area contributed by atoms with Gasteiger partial charge in [0.2, 0.25) is 10.0 Å². The van der Waals surface area contributed by atoms with Gasteiger partial charge in [-0.15, -0.1) is 0 Å². The molecule has 0 saturated heterocycles. The summed E-state index contributed by atoms with van der Waals surface area (Å²) in [6, 6.07) is 0.647. The molecule has 1 aromatic rings. The summed E-state index contributed by atoms with van der Waals surface area (Å²) < 4.78 is 63.5. The minimum atomic E-state index is -4.94. The number of benzene rings is 1. The minimum absolute atomic E-state index is 0.282. The van der Waals surface area contributed by atoms with Crippen LogP contribution in [0.1, 0.15) is 12.5 Å². The van der Waals surface area contributed by atoms with Gasteiger partial charge in [0.05, 0.1) is 10.5 Å². The lowest BCUT2D eigenvalue weighted by Gasteiger charge is -2.23. The lowest BCUT2D eigenvalue weighted by atomic mass is 10.2. The van der Waals surface area contributed by atoms with Crippen LogP contribution >= 0.6 is 11.6 Å². The van der Waals surface area contributed by atoms with Crippen molar-refractivity contribution in [3.05, 3.63) is 28.8 Å². The fourth-order valence-electron chi connectivity index (χ4n) is 1.47. The summed E-state index contributed by atoms with van der Waals surface area (Å²) in [5.74, 6) is -1.48. The molecule has 10 heteroatoms. The van der Waals surface area contributed by atoms with Crippen molar-refractivity contribution in [2.75, 3.05) is 7.05 Å². The molecule has 1 aromatic carbocycles. The largest absolute Gasteiger partial charge is 0.480 e. The molecule has 0 radical (unpaired) electrons. The summed E-state index contributed by atoms with van der Waals surface area (Å²) in [7, 11) is -3.75. The van der Waals surface area contributed by atoms with Crippen LogP contribution in [0.5, 0.6) is 0 Å². The summed E-state index contributed by atoms with van der Waals surface area (Å²) in [5.41, 5.74) is -1.44. The Morgan fingerprint density at radius 3 is 2.33 bits per heavy atom. The number of hydrogen-bond acceptors (Lipinski definition) is 3. The molecule has 0 aromatic heterocycles. The van der Waals surface area contributed by atoms with E-state index < -0.39 is 38.7 Å². The maximum atomic E-state index is 12.9. The molecule has 0 aliphatic heterocycles. The molecule has 1 unspecified atom stereocenters. The van der Waals surface area contributed by atoms with Crippen LogP contribution in [0, 0.1) is 0 Å². The molecule has 21 heavy (non-hydrogen) atoms. The standard InChI is InChI=1S/C11H11ClF3NO4S/c1-6(10(17)18)16(2)21(19,20)9-4-3-7(12)5-8(9)11(13,14)15/h3-6H,1-2H3,(H,17,18). The van der Waals surface area contributed by atoms with Gasteiger partial charge in [-0.1, -0.05) is 11.6 Å². The smallest absolute Gasteiger partial charge is 0.417 e. The van der Waals surface area contributed by atoms with E-state index in [1.54, 1.807) is 0 Å². The van der Waals surface area contributed by atoms with Crippen LogP contribution in [0.25, 0.3) is 0 Å². The minimum Gasteiger partial charge on any atom is -0.480 e. The SMILES string of the molecule is CC(C(=O)O)N(C)S(=O)(=O)c1ccc(Cl)cc1C(F)(F)F. The maximum absolute atomic E-state index is 12.9. The molecule has 0 amide bonds. The topological polar surface area (TPSA) is 74.7 Å². The Kier molecular flexibility index (Phi) is 4.91. The molecule has 0 heterocycles. The summed E-state index contributed by atoms with van der Waals surface area (Å²) in [6.07, 6.45) is -4.94. The summed E-state index contributed by atoms with van der Waals surface area (Å²) in [6.45, 7) is 1.04. The number of likely N-dealkylation sites (N-methyl/N-ethyl adjacent to an activating group) is 1. The van der Waals surface area contributed by atoms with Gasteiger partial charge in [-0.05, 0) is 25.1 Å². The van der Waals surface area contributed by atoms with Gasteiger partial charge in [0.1, 0.15) is 6.04 Å². The highest BCUT2D eigenvalue weighted by atomic mass is 35.5. The maximum Gasteiger partial charge on any atom is 0.417 e. The van der Waals surface area contributed by atoms with Gasteiger partial charge in [-0.25, -0.2) is 8.42 Å². The number of halogens is 4. The zero-order valence-electron chi connectivity index (χ0n) is 10.8. The van der Waals surface area contributed by atoms with Crippen molar-refractivity contribution in [2.24, 2.45) is 0 Å². The second kappa shape index (κ2) is 5.82. The Balaban J connectivity index is 3.49. The molecule has 0 aliphatic rings. The molecular formula is C11H11ClF3NO4S. The fraction of sp³-hybridized carbons (Fsp3) is 0.364. The predicted octanol–water partition coefficient (Wildman–Crippen LogP) is 2.45. The van der Waals surface area contributed by atoms with E-state index in [-0.39, 0.29) is 5.02 Å². The van der Waals surface area contributed by atoms with Crippen molar-refractivity contribution in [1.82, 2.24) is 4.31 Å². The van der Waals surface area contributed by atoms with E-state index in [2.05, 4.69) is 0 Å². The van der Waals surface area contributed by atoms with Gasteiger partial charge >= 0.3 is 12.1 Å². The molecular weight excluding hydrogens is 335 g/mol. The molecule has 118 valence electrons. The van der Waals surface area contributed by atoms with Crippen molar-refractivity contribution < 1.29 is 31.5 Å². The number of carboxylic acid groups (broad SMARTS) is 1. The Bertz CT molecular complexity index is 660. The van der Waals surface area contributed by atoms with E-state index in [9.17, 15) is 26.4 Å². The van der Waals surface area contributed by atoms with E-state index in [0.29, 0.717) is 16.4 Å². The predicted molar refractivity (Wildman–Crippen MR) is 68.5 cm³/mol. The molecule has 0 saturated carbocycles. The Morgan fingerprint density at radius 2 is 1.90 bits per heavy atom. The number of carbonyl (C=O) groups is 1. The van der Waals surface area contributed by atoms with Crippen LogP contribution in [0.15, 0.2) is 23.1 Å². The number of carboxylic acids is 1. The van der Waals surface area contributed by atoms with Gasteiger partial charge in [-0.2, -0.15) is 17.5 Å². The molecule has 1 N–H and O–H groups in total. The number of rotatable bonds is 4. The Labute approximate surface area is 124 Å². The molecule has 0 bridgehead atoms. The summed E-state index contributed by atoms with van der Waals surface area (Å²) in [4.78, 5) is 9.76. The monoisotopic (exact) mass is 345 g/mol. The normalized spacial score (nSPS) is 14.2.